The molecule has 0 heterocycles. The van der Waals surface area contributed by atoms with Crippen LogP contribution in [0.5, 0.6) is 0 Å². The van der Waals surface area contributed by atoms with Gasteiger partial charge in [-0.25, -0.2) is 17.6 Å². The van der Waals surface area contributed by atoms with Gasteiger partial charge in [-0.2, -0.15) is 0 Å². The largest absolute Gasteiger partial charge is 0.393 e. The summed E-state index contributed by atoms with van der Waals surface area (Å²) in [7, 11) is 0. The summed E-state index contributed by atoms with van der Waals surface area (Å²) < 4.78 is 52.7. The minimum Gasteiger partial charge on any atom is -0.393 e. The van der Waals surface area contributed by atoms with Crippen LogP contribution in [0, 0.1) is 23.3 Å². The molecule has 2 atom stereocenters. The van der Waals surface area contributed by atoms with Gasteiger partial charge in [-0.15, -0.1) is 0 Å². The van der Waals surface area contributed by atoms with Gasteiger partial charge < -0.3 is 10.2 Å². The van der Waals surface area contributed by atoms with E-state index in [1.54, 1.807) is 0 Å². The second-order valence-electron chi connectivity index (χ2n) is 3.89. The lowest BCUT2D eigenvalue weighted by molar-refractivity contribution is 0.0686. The van der Waals surface area contributed by atoms with Crippen LogP contribution in [-0.4, -0.2) is 22.4 Å². The summed E-state index contributed by atoms with van der Waals surface area (Å²) in [5.74, 6) is -7.78. The Kier molecular flexibility index (Phi) is 4.11. The van der Waals surface area contributed by atoms with E-state index in [1.807, 2.05) is 0 Å². The van der Waals surface area contributed by atoms with Gasteiger partial charge in [-0.1, -0.05) is 0 Å². The molecule has 2 unspecified atom stereocenters. The third-order valence-corrected chi connectivity index (χ3v) is 2.52. The first kappa shape index (κ1) is 13.9. The third kappa shape index (κ3) is 2.58. The lowest BCUT2D eigenvalue weighted by Gasteiger charge is -2.24. The van der Waals surface area contributed by atoms with Crippen LogP contribution in [0.2, 0.25) is 0 Å². The van der Waals surface area contributed by atoms with E-state index in [0.717, 1.165) is 0 Å². The average Bonchev–Trinajstić information content (AvgIpc) is 2.20. The number of benzene rings is 1. The lowest BCUT2D eigenvalue weighted by atomic mass is 9.88. The van der Waals surface area contributed by atoms with Crippen LogP contribution in [0.3, 0.4) is 0 Å². The monoisotopic (exact) mass is 252 g/mol. The van der Waals surface area contributed by atoms with Crippen LogP contribution >= 0.6 is 0 Å². The van der Waals surface area contributed by atoms with E-state index in [0.29, 0.717) is 0 Å². The summed E-state index contributed by atoms with van der Waals surface area (Å²) in [5, 5.41) is 18.7. The van der Waals surface area contributed by atoms with Crippen LogP contribution in [0.1, 0.15) is 25.3 Å². The fourth-order valence-electron chi connectivity index (χ4n) is 1.77. The van der Waals surface area contributed by atoms with E-state index in [2.05, 4.69) is 0 Å². The molecule has 0 fully saturated rings. The van der Waals surface area contributed by atoms with Crippen molar-refractivity contribution in [1.29, 1.82) is 0 Å². The molecule has 1 rings (SSSR count). The van der Waals surface area contributed by atoms with E-state index in [-0.39, 0.29) is 6.07 Å². The zero-order valence-corrected chi connectivity index (χ0v) is 9.22. The zero-order valence-electron chi connectivity index (χ0n) is 9.22. The molecule has 96 valence electrons. The van der Waals surface area contributed by atoms with Crippen molar-refractivity contribution >= 4 is 0 Å². The van der Waals surface area contributed by atoms with Gasteiger partial charge in [0.2, 0.25) is 0 Å². The van der Waals surface area contributed by atoms with Crippen LogP contribution in [0.25, 0.3) is 0 Å². The molecule has 1 aromatic carbocycles. The normalized spacial score (nSPS) is 16.7. The zero-order chi connectivity index (χ0) is 13.3. The molecule has 2 nitrogen and oxygen atoms in total. The Hall–Kier alpha value is -1.14. The molecule has 0 aromatic heterocycles. The van der Waals surface area contributed by atoms with Crippen molar-refractivity contribution in [2.75, 3.05) is 0 Å². The van der Waals surface area contributed by atoms with Gasteiger partial charge in [0.1, 0.15) is 0 Å². The van der Waals surface area contributed by atoms with E-state index in [9.17, 15) is 27.8 Å². The van der Waals surface area contributed by atoms with Gasteiger partial charge >= 0.3 is 0 Å². The highest BCUT2D eigenvalue weighted by Gasteiger charge is 2.32. The molecule has 17 heavy (non-hydrogen) atoms. The first-order valence-electron chi connectivity index (χ1n) is 4.96. The maximum Gasteiger partial charge on any atom is 0.165 e. The topological polar surface area (TPSA) is 40.5 Å². The first-order valence-corrected chi connectivity index (χ1v) is 4.96. The molecular formula is C11H12F4O2. The van der Waals surface area contributed by atoms with Gasteiger partial charge in [0.25, 0.3) is 0 Å². The predicted molar refractivity (Wildman–Crippen MR) is 52.4 cm³/mol. The number of aliphatic hydroxyl groups excluding tert-OH is 2. The molecule has 2 N–H and O–H groups in total. The minimum atomic E-state index is -1.60. The molecule has 0 aliphatic rings. The second-order valence-corrected chi connectivity index (χ2v) is 3.89. The number of aliphatic hydroxyl groups is 2. The van der Waals surface area contributed by atoms with Crippen LogP contribution < -0.4 is 0 Å². The minimum absolute atomic E-state index is 0.0787. The summed E-state index contributed by atoms with van der Waals surface area (Å²) in [6.45, 7) is 2.33. The van der Waals surface area contributed by atoms with Crippen molar-refractivity contribution in [2.45, 2.75) is 32.0 Å². The van der Waals surface area contributed by atoms with E-state index in [1.165, 1.54) is 13.8 Å². The van der Waals surface area contributed by atoms with Crippen molar-refractivity contribution in [1.82, 2.24) is 0 Å². The Morgan fingerprint density at radius 3 is 1.53 bits per heavy atom. The molecule has 0 saturated carbocycles. The highest BCUT2D eigenvalue weighted by molar-refractivity contribution is 5.28. The van der Waals surface area contributed by atoms with E-state index in [4.69, 9.17) is 0 Å². The van der Waals surface area contributed by atoms with E-state index < -0.39 is 47.0 Å². The number of hydrogen-bond acceptors (Lipinski definition) is 2. The fraction of sp³-hybridized carbons (Fsp3) is 0.455. The van der Waals surface area contributed by atoms with E-state index >= 15 is 0 Å². The Morgan fingerprint density at radius 1 is 0.882 bits per heavy atom. The quantitative estimate of drug-likeness (QED) is 0.638. The van der Waals surface area contributed by atoms with Gasteiger partial charge in [-0.3, -0.25) is 0 Å². The molecule has 0 aliphatic carbocycles. The first-order chi connectivity index (χ1) is 7.77. The Bertz CT molecular complexity index is 384. The van der Waals surface area contributed by atoms with Gasteiger partial charge in [0.05, 0.1) is 12.2 Å². The number of rotatable bonds is 3. The summed E-state index contributed by atoms with van der Waals surface area (Å²) in [6.07, 6.45) is -2.72. The molecule has 0 saturated heterocycles. The van der Waals surface area contributed by atoms with Crippen molar-refractivity contribution in [3.05, 3.63) is 34.9 Å². The van der Waals surface area contributed by atoms with Crippen LogP contribution in [-0.2, 0) is 0 Å². The molecule has 0 spiro atoms. The average molecular weight is 252 g/mol. The molecule has 0 bridgehead atoms. The van der Waals surface area contributed by atoms with Gasteiger partial charge in [-0.05, 0) is 13.8 Å². The highest BCUT2D eigenvalue weighted by atomic mass is 19.2. The molecule has 0 amide bonds. The van der Waals surface area contributed by atoms with Crippen molar-refractivity contribution in [3.63, 3.8) is 0 Å². The van der Waals surface area contributed by atoms with Crippen LogP contribution in [0.4, 0.5) is 17.6 Å². The van der Waals surface area contributed by atoms with Crippen molar-refractivity contribution < 1.29 is 27.8 Å². The Labute approximate surface area is 95.5 Å². The molecule has 1 aromatic rings. The van der Waals surface area contributed by atoms with Gasteiger partial charge in [0, 0.05) is 17.5 Å². The maximum absolute atomic E-state index is 13.4. The SMILES string of the molecule is CC(O)C(c1c(F)c(F)cc(F)c1F)C(C)O. The van der Waals surface area contributed by atoms with Crippen molar-refractivity contribution in [2.24, 2.45) is 0 Å². The van der Waals surface area contributed by atoms with Crippen LogP contribution in [0.15, 0.2) is 6.07 Å². The Morgan fingerprint density at radius 2 is 1.24 bits per heavy atom. The summed E-state index contributed by atoms with van der Waals surface area (Å²) in [5.41, 5.74) is -0.979. The smallest absolute Gasteiger partial charge is 0.165 e. The fourth-order valence-corrected chi connectivity index (χ4v) is 1.77. The number of halogens is 4. The highest BCUT2D eigenvalue weighted by Crippen LogP contribution is 2.31. The number of hydrogen-bond donors (Lipinski definition) is 2. The molecule has 0 radical (unpaired) electrons. The molecule has 6 heteroatoms. The molecular weight excluding hydrogens is 240 g/mol. The summed E-state index contributed by atoms with van der Waals surface area (Å²) >= 11 is 0. The van der Waals surface area contributed by atoms with Gasteiger partial charge in [0.15, 0.2) is 23.3 Å². The second kappa shape index (κ2) is 5.01. The summed E-state index contributed by atoms with van der Waals surface area (Å²) in [4.78, 5) is 0. The molecule has 0 aliphatic heterocycles. The standard InChI is InChI=1S/C11H12F4O2/c1-4(16)8(5(2)17)9-10(14)6(12)3-7(13)11(9)15/h3-5,8,16-17H,1-2H3. The summed E-state index contributed by atoms with van der Waals surface area (Å²) in [6, 6.07) is 0.0787. The predicted octanol–water partition coefficient (Wildman–Crippen LogP) is 2.09. The lowest BCUT2D eigenvalue weighted by Crippen LogP contribution is -2.28. The van der Waals surface area contributed by atoms with Crippen molar-refractivity contribution in [3.8, 4) is 0 Å². The third-order valence-electron chi connectivity index (χ3n) is 2.52. The Balaban J connectivity index is 3.47. The maximum atomic E-state index is 13.4.